The van der Waals surface area contributed by atoms with Crippen molar-refractivity contribution in [3.8, 4) is 17.2 Å². The first-order chi connectivity index (χ1) is 14.5. The van der Waals surface area contributed by atoms with Crippen LogP contribution in [0, 0.1) is 0 Å². The van der Waals surface area contributed by atoms with Gasteiger partial charge in [-0.1, -0.05) is 12.1 Å². The van der Waals surface area contributed by atoms with Gasteiger partial charge < -0.3 is 29.3 Å². The van der Waals surface area contributed by atoms with E-state index in [1.54, 1.807) is 42.5 Å². The summed E-state index contributed by atoms with van der Waals surface area (Å²) in [4.78, 5) is 24.7. The first-order valence-electron chi connectivity index (χ1n) is 9.07. The highest BCUT2D eigenvalue weighted by atomic mass is 16.5. The monoisotopic (exact) mass is 410 g/mol. The van der Waals surface area contributed by atoms with Crippen molar-refractivity contribution in [1.29, 1.82) is 0 Å². The van der Waals surface area contributed by atoms with Crippen LogP contribution in [0.15, 0.2) is 59.2 Å². The van der Waals surface area contributed by atoms with E-state index in [4.69, 9.17) is 18.6 Å². The Hall–Kier alpha value is -3.94. The summed E-state index contributed by atoms with van der Waals surface area (Å²) in [6.07, 6.45) is 1.43. The van der Waals surface area contributed by atoms with Crippen LogP contribution in [-0.2, 0) is 6.54 Å². The summed E-state index contributed by atoms with van der Waals surface area (Å²) < 4.78 is 20.9. The van der Waals surface area contributed by atoms with Crippen molar-refractivity contribution >= 4 is 17.5 Å². The van der Waals surface area contributed by atoms with E-state index in [0.717, 1.165) is 5.56 Å². The molecule has 0 saturated carbocycles. The van der Waals surface area contributed by atoms with Crippen LogP contribution in [0.3, 0.4) is 0 Å². The molecule has 1 aromatic heterocycles. The lowest BCUT2D eigenvalue weighted by atomic mass is 10.1. The van der Waals surface area contributed by atoms with Crippen LogP contribution >= 0.6 is 0 Å². The van der Waals surface area contributed by atoms with E-state index in [1.165, 1.54) is 27.6 Å². The van der Waals surface area contributed by atoms with Gasteiger partial charge >= 0.3 is 0 Å². The minimum atomic E-state index is -0.349. The van der Waals surface area contributed by atoms with Gasteiger partial charge in [0.25, 0.3) is 11.8 Å². The molecule has 2 amide bonds. The van der Waals surface area contributed by atoms with Crippen molar-refractivity contribution in [2.24, 2.45) is 0 Å². The summed E-state index contributed by atoms with van der Waals surface area (Å²) >= 11 is 0. The molecule has 3 rings (SSSR count). The molecule has 0 radical (unpaired) electrons. The quantitative estimate of drug-likeness (QED) is 0.590. The van der Waals surface area contributed by atoms with E-state index in [9.17, 15) is 9.59 Å². The number of rotatable bonds is 8. The third-order valence-electron chi connectivity index (χ3n) is 4.31. The van der Waals surface area contributed by atoms with Crippen molar-refractivity contribution < 1.29 is 28.2 Å². The molecular weight excluding hydrogens is 388 g/mol. The number of hydrogen-bond donors (Lipinski definition) is 2. The molecule has 8 nitrogen and oxygen atoms in total. The summed E-state index contributed by atoms with van der Waals surface area (Å²) in [5, 5.41) is 5.60. The Morgan fingerprint density at radius 1 is 0.900 bits per heavy atom. The number of furan rings is 1. The maximum Gasteiger partial charge on any atom is 0.291 e. The van der Waals surface area contributed by atoms with Crippen LogP contribution in [-0.4, -0.2) is 33.1 Å². The topological polar surface area (TPSA) is 99.0 Å². The molecule has 0 unspecified atom stereocenters. The standard InChI is InChI=1S/C22H22N2O6/c1-27-18-11-15(12-19(28-2)20(18)29-3)21(25)23-13-14-6-4-7-16(10-14)24-22(26)17-8-5-9-30-17/h4-12H,13H2,1-3H3,(H,23,25)(H,24,26). The predicted molar refractivity (Wildman–Crippen MR) is 110 cm³/mol. The second-order valence-electron chi connectivity index (χ2n) is 6.23. The Labute approximate surface area is 173 Å². The Bertz CT molecular complexity index is 1000. The predicted octanol–water partition coefficient (Wildman–Crippen LogP) is 3.49. The highest BCUT2D eigenvalue weighted by Gasteiger charge is 2.17. The van der Waals surface area contributed by atoms with Gasteiger partial charge in [0.05, 0.1) is 27.6 Å². The molecule has 1 heterocycles. The number of benzene rings is 2. The number of carbonyl (C=O) groups excluding carboxylic acids is 2. The second-order valence-corrected chi connectivity index (χ2v) is 6.23. The van der Waals surface area contributed by atoms with Crippen molar-refractivity contribution in [2.45, 2.75) is 6.54 Å². The van der Waals surface area contributed by atoms with Crippen LogP contribution < -0.4 is 24.8 Å². The number of hydrogen-bond acceptors (Lipinski definition) is 6. The van der Waals surface area contributed by atoms with Crippen molar-refractivity contribution in [3.05, 3.63) is 71.7 Å². The van der Waals surface area contributed by atoms with E-state index < -0.39 is 0 Å². The zero-order valence-corrected chi connectivity index (χ0v) is 16.9. The average Bonchev–Trinajstić information content (AvgIpc) is 3.31. The molecule has 3 aromatic rings. The fourth-order valence-corrected chi connectivity index (χ4v) is 2.86. The van der Waals surface area contributed by atoms with E-state index >= 15 is 0 Å². The molecule has 0 fully saturated rings. The van der Waals surface area contributed by atoms with Gasteiger partial charge in [-0.15, -0.1) is 0 Å². The van der Waals surface area contributed by atoms with Gasteiger partial charge in [0.2, 0.25) is 5.75 Å². The second kappa shape index (κ2) is 9.51. The van der Waals surface area contributed by atoms with Crippen molar-refractivity contribution in [2.75, 3.05) is 26.6 Å². The van der Waals surface area contributed by atoms with E-state index in [-0.39, 0.29) is 24.1 Å². The van der Waals surface area contributed by atoms with Gasteiger partial charge in [-0.25, -0.2) is 0 Å². The van der Waals surface area contributed by atoms with E-state index in [2.05, 4.69) is 10.6 Å². The molecular formula is C22H22N2O6. The van der Waals surface area contributed by atoms with E-state index in [1.807, 2.05) is 6.07 Å². The minimum absolute atomic E-state index is 0.219. The molecule has 0 saturated heterocycles. The summed E-state index contributed by atoms with van der Waals surface area (Å²) in [6, 6.07) is 13.5. The summed E-state index contributed by atoms with van der Waals surface area (Å²) in [7, 11) is 4.47. The average molecular weight is 410 g/mol. The molecule has 0 aliphatic rings. The number of carbonyl (C=O) groups is 2. The van der Waals surface area contributed by atoms with Gasteiger partial charge in [-0.2, -0.15) is 0 Å². The molecule has 8 heteroatoms. The van der Waals surface area contributed by atoms with Gasteiger partial charge in [0.15, 0.2) is 17.3 Å². The number of nitrogens with one attached hydrogen (secondary N) is 2. The fourth-order valence-electron chi connectivity index (χ4n) is 2.86. The Kier molecular flexibility index (Phi) is 6.59. The molecule has 156 valence electrons. The zero-order valence-electron chi connectivity index (χ0n) is 16.9. The number of amides is 2. The lowest BCUT2D eigenvalue weighted by molar-refractivity contribution is 0.0948. The van der Waals surface area contributed by atoms with Crippen LogP contribution in [0.4, 0.5) is 5.69 Å². The Morgan fingerprint density at radius 2 is 1.63 bits per heavy atom. The smallest absolute Gasteiger partial charge is 0.291 e. The van der Waals surface area contributed by atoms with Gasteiger partial charge in [0, 0.05) is 17.8 Å². The lowest BCUT2D eigenvalue weighted by Gasteiger charge is -2.14. The SMILES string of the molecule is COc1cc(C(=O)NCc2cccc(NC(=O)c3ccco3)c2)cc(OC)c1OC. The maximum absolute atomic E-state index is 12.6. The van der Waals surface area contributed by atoms with Crippen LogP contribution in [0.25, 0.3) is 0 Å². The van der Waals surface area contributed by atoms with Gasteiger partial charge in [-0.05, 0) is 42.0 Å². The summed E-state index contributed by atoms with van der Waals surface area (Å²) in [6.45, 7) is 0.264. The first kappa shape index (κ1) is 20.8. The molecule has 2 N–H and O–H groups in total. The Balaban J connectivity index is 1.68. The maximum atomic E-state index is 12.6. The van der Waals surface area contributed by atoms with E-state index in [0.29, 0.717) is 28.5 Å². The molecule has 0 aliphatic carbocycles. The normalized spacial score (nSPS) is 10.2. The third kappa shape index (κ3) is 4.72. The molecule has 0 aliphatic heterocycles. The van der Waals surface area contributed by atoms with Crippen molar-refractivity contribution in [1.82, 2.24) is 5.32 Å². The number of methoxy groups -OCH3 is 3. The van der Waals surface area contributed by atoms with Crippen molar-refractivity contribution in [3.63, 3.8) is 0 Å². The number of anilines is 1. The fraction of sp³-hybridized carbons (Fsp3) is 0.182. The van der Waals surface area contributed by atoms with Crippen LogP contribution in [0.2, 0.25) is 0 Å². The lowest BCUT2D eigenvalue weighted by Crippen LogP contribution is -2.23. The first-order valence-corrected chi connectivity index (χ1v) is 9.07. The minimum Gasteiger partial charge on any atom is -0.493 e. The number of ether oxygens (including phenoxy) is 3. The van der Waals surface area contributed by atoms with Crippen LogP contribution in [0.1, 0.15) is 26.5 Å². The van der Waals surface area contributed by atoms with Gasteiger partial charge in [0.1, 0.15) is 0 Å². The summed E-state index contributed by atoms with van der Waals surface area (Å²) in [5.74, 6) is 0.764. The molecule has 0 atom stereocenters. The molecule has 0 spiro atoms. The zero-order chi connectivity index (χ0) is 21.5. The largest absolute Gasteiger partial charge is 0.493 e. The highest BCUT2D eigenvalue weighted by molar-refractivity contribution is 6.02. The summed E-state index contributed by atoms with van der Waals surface area (Å²) in [5.41, 5.74) is 1.77. The highest BCUT2D eigenvalue weighted by Crippen LogP contribution is 2.38. The molecule has 30 heavy (non-hydrogen) atoms. The van der Waals surface area contributed by atoms with Gasteiger partial charge in [-0.3, -0.25) is 9.59 Å². The van der Waals surface area contributed by atoms with Crippen LogP contribution in [0.5, 0.6) is 17.2 Å². The Morgan fingerprint density at radius 3 is 2.23 bits per heavy atom. The molecule has 2 aromatic carbocycles. The molecule has 0 bridgehead atoms. The third-order valence-corrected chi connectivity index (χ3v) is 4.31.